The minimum Gasteiger partial charge on any atom is -0.493 e. The number of hydrogen-bond donors (Lipinski definition) is 0. The fourth-order valence-corrected chi connectivity index (χ4v) is 3.50. The van der Waals surface area contributed by atoms with Crippen molar-refractivity contribution in [2.45, 2.75) is 26.3 Å². The molecule has 0 bridgehead atoms. The molecule has 1 fully saturated rings. The summed E-state index contributed by atoms with van der Waals surface area (Å²) in [7, 11) is 0. The second-order valence-electron chi connectivity index (χ2n) is 7.05. The van der Waals surface area contributed by atoms with Crippen LogP contribution in [-0.4, -0.2) is 29.6 Å². The summed E-state index contributed by atoms with van der Waals surface area (Å²) < 4.78 is 30.0. The van der Waals surface area contributed by atoms with E-state index in [1.807, 2.05) is 13.0 Å². The van der Waals surface area contributed by atoms with E-state index >= 15 is 0 Å². The minimum absolute atomic E-state index is 0.271. The number of halogens is 1. The van der Waals surface area contributed by atoms with Crippen LogP contribution in [0.1, 0.15) is 24.3 Å². The van der Waals surface area contributed by atoms with Crippen LogP contribution in [0.2, 0.25) is 0 Å². The number of furan rings is 1. The van der Waals surface area contributed by atoms with Gasteiger partial charge in [0.05, 0.1) is 24.1 Å². The summed E-state index contributed by atoms with van der Waals surface area (Å²) in [6, 6.07) is 8.16. The smallest absolute Gasteiger partial charge is 0.229 e. The van der Waals surface area contributed by atoms with Crippen molar-refractivity contribution in [3.05, 3.63) is 60.1 Å². The largest absolute Gasteiger partial charge is 0.493 e. The number of oxazole rings is 1. The van der Waals surface area contributed by atoms with E-state index in [1.54, 1.807) is 24.7 Å². The molecular formula is C21H23FN2O3. The molecule has 0 amide bonds. The Balaban J connectivity index is 1.35. The van der Waals surface area contributed by atoms with E-state index < -0.39 is 0 Å². The summed E-state index contributed by atoms with van der Waals surface area (Å²) in [5, 5.41) is 0. The highest BCUT2D eigenvalue weighted by Gasteiger charge is 2.23. The molecule has 1 aliphatic heterocycles. The second-order valence-corrected chi connectivity index (χ2v) is 7.05. The predicted octanol–water partition coefficient (Wildman–Crippen LogP) is 4.67. The molecule has 1 saturated heterocycles. The highest BCUT2D eigenvalue weighted by molar-refractivity contribution is 5.51. The van der Waals surface area contributed by atoms with Gasteiger partial charge in [0.1, 0.15) is 23.6 Å². The van der Waals surface area contributed by atoms with Crippen molar-refractivity contribution in [2.75, 3.05) is 19.7 Å². The van der Waals surface area contributed by atoms with Crippen molar-refractivity contribution in [2.24, 2.45) is 5.92 Å². The molecule has 5 nitrogen and oxygen atoms in total. The number of ether oxygens (including phenoxy) is 1. The number of piperidine rings is 1. The SMILES string of the molecule is Cc1oc(-c2ccoc2)nc1CN1CCC[C@H](COc2cccc(F)c2)C1. The molecule has 2 aromatic heterocycles. The second kappa shape index (κ2) is 7.96. The first kappa shape index (κ1) is 17.8. The molecule has 0 radical (unpaired) electrons. The van der Waals surface area contributed by atoms with Gasteiger partial charge in [-0.2, -0.15) is 0 Å². The lowest BCUT2D eigenvalue weighted by atomic mass is 9.99. The summed E-state index contributed by atoms with van der Waals surface area (Å²) in [6.07, 6.45) is 5.48. The normalized spacial score (nSPS) is 17.9. The first-order valence-electron chi connectivity index (χ1n) is 9.27. The van der Waals surface area contributed by atoms with Crippen LogP contribution in [0.3, 0.4) is 0 Å². The Bertz CT molecular complexity index is 875. The molecule has 6 heteroatoms. The average molecular weight is 370 g/mol. The van der Waals surface area contributed by atoms with Crippen LogP contribution in [-0.2, 0) is 6.54 Å². The van der Waals surface area contributed by atoms with Gasteiger partial charge in [-0.05, 0) is 44.5 Å². The highest BCUT2D eigenvalue weighted by Crippen LogP contribution is 2.25. The third kappa shape index (κ3) is 4.39. The monoisotopic (exact) mass is 370 g/mol. The number of nitrogens with zero attached hydrogens (tertiary/aromatic N) is 2. The first-order valence-corrected chi connectivity index (χ1v) is 9.27. The van der Waals surface area contributed by atoms with E-state index in [1.165, 1.54) is 12.1 Å². The molecule has 4 rings (SSSR count). The van der Waals surface area contributed by atoms with E-state index in [0.717, 1.165) is 49.5 Å². The highest BCUT2D eigenvalue weighted by atomic mass is 19.1. The summed E-state index contributed by atoms with van der Waals surface area (Å²) in [5.74, 6) is 2.17. The number of benzene rings is 1. The van der Waals surface area contributed by atoms with Gasteiger partial charge in [-0.3, -0.25) is 4.90 Å². The topological polar surface area (TPSA) is 51.6 Å². The third-order valence-electron chi connectivity index (χ3n) is 4.92. The molecule has 3 aromatic rings. The van der Waals surface area contributed by atoms with E-state index in [4.69, 9.17) is 13.6 Å². The number of hydrogen-bond acceptors (Lipinski definition) is 5. The molecule has 1 aromatic carbocycles. The summed E-state index contributed by atoms with van der Waals surface area (Å²) in [4.78, 5) is 7.02. The van der Waals surface area contributed by atoms with Gasteiger partial charge >= 0.3 is 0 Å². The zero-order chi connectivity index (χ0) is 18.6. The van der Waals surface area contributed by atoms with Gasteiger partial charge in [-0.15, -0.1) is 0 Å². The quantitative estimate of drug-likeness (QED) is 0.631. The molecular weight excluding hydrogens is 347 g/mol. The van der Waals surface area contributed by atoms with Crippen LogP contribution < -0.4 is 4.74 Å². The standard InChI is InChI=1S/C21H23FN2O3/c1-15-20(23-21(27-15)17-7-9-25-14-17)12-24-8-3-4-16(11-24)13-26-19-6-2-5-18(22)10-19/h2,5-7,9-10,14,16H,3-4,8,11-13H2,1H3/t16-/m0/s1. The Morgan fingerprint density at radius 1 is 1.33 bits per heavy atom. The van der Waals surface area contributed by atoms with Crippen LogP contribution in [0.15, 0.2) is 51.7 Å². The van der Waals surface area contributed by atoms with Gasteiger partial charge in [0.15, 0.2) is 0 Å². The molecule has 0 aliphatic carbocycles. The van der Waals surface area contributed by atoms with Crippen molar-refractivity contribution < 1.29 is 18.0 Å². The molecule has 142 valence electrons. The third-order valence-corrected chi connectivity index (χ3v) is 4.92. The van der Waals surface area contributed by atoms with Crippen LogP contribution in [0.5, 0.6) is 5.75 Å². The number of aryl methyl sites for hydroxylation is 1. The van der Waals surface area contributed by atoms with Crippen LogP contribution in [0.25, 0.3) is 11.5 Å². The zero-order valence-corrected chi connectivity index (χ0v) is 15.4. The fraction of sp³-hybridized carbons (Fsp3) is 0.381. The molecule has 0 N–H and O–H groups in total. The van der Waals surface area contributed by atoms with Crippen molar-refractivity contribution in [1.82, 2.24) is 9.88 Å². The van der Waals surface area contributed by atoms with E-state index in [-0.39, 0.29) is 5.82 Å². The van der Waals surface area contributed by atoms with Crippen molar-refractivity contribution in [3.8, 4) is 17.2 Å². The first-order chi connectivity index (χ1) is 13.2. The van der Waals surface area contributed by atoms with Gasteiger partial charge < -0.3 is 13.6 Å². The maximum Gasteiger partial charge on any atom is 0.229 e. The van der Waals surface area contributed by atoms with E-state index in [2.05, 4.69) is 9.88 Å². The van der Waals surface area contributed by atoms with Crippen LogP contribution >= 0.6 is 0 Å². The van der Waals surface area contributed by atoms with Crippen molar-refractivity contribution in [1.29, 1.82) is 0 Å². The lowest BCUT2D eigenvalue weighted by Crippen LogP contribution is -2.37. The van der Waals surface area contributed by atoms with Crippen molar-refractivity contribution >= 4 is 0 Å². The Morgan fingerprint density at radius 3 is 3.07 bits per heavy atom. The number of aromatic nitrogens is 1. The lowest BCUT2D eigenvalue weighted by Gasteiger charge is -2.32. The Labute approximate surface area is 157 Å². The average Bonchev–Trinajstić information content (AvgIpc) is 3.31. The maximum atomic E-state index is 13.3. The Kier molecular flexibility index (Phi) is 5.25. The number of rotatable bonds is 6. The Hall–Kier alpha value is -2.60. The maximum absolute atomic E-state index is 13.3. The molecule has 3 heterocycles. The zero-order valence-electron chi connectivity index (χ0n) is 15.4. The lowest BCUT2D eigenvalue weighted by molar-refractivity contribution is 0.123. The van der Waals surface area contributed by atoms with Crippen molar-refractivity contribution in [3.63, 3.8) is 0 Å². The van der Waals surface area contributed by atoms with Gasteiger partial charge in [0.2, 0.25) is 5.89 Å². The summed E-state index contributed by atoms with van der Waals surface area (Å²) in [5.41, 5.74) is 1.81. The summed E-state index contributed by atoms with van der Waals surface area (Å²) >= 11 is 0. The van der Waals surface area contributed by atoms with Gasteiger partial charge in [-0.1, -0.05) is 6.07 Å². The molecule has 0 spiro atoms. The molecule has 0 saturated carbocycles. The summed E-state index contributed by atoms with van der Waals surface area (Å²) in [6.45, 7) is 5.26. The van der Waals surface area contributed by atoms with E-state index in [0.29, 0.717) is 24.2 Å². The van der Waals surface area contributed by atoms with Gasteiger partial charge in [0.25, 0.3) is 0 Å². The Morgan fingerprint density at radius 2 is 2.26 bits per heavy atom. The molecule has 0 unspecified atom stereocenters. The van der Waals surface area contributed by atoms with E-state index in [9.17, 15) is 4.39 Å². The van der Waals surface area contributed by atoms with Gasteiger partial charge in [0, 0.05) is 25.1 Å². The molecule has 1 atom stereocenters. The van der Waals surface area contributed by atoms with Crippen LogP contribution in [0, 0.1) is 18.7 Å². The minimum atomic E-state index is -0.271. The number of likely N-dealkylation sites (tertiary alicyclic amines) is 1. The predicted molar refractivity (Wildman–Crippen MR) is 98.8 cm³/mol. The molecule has 27 heavy (non-hydrogen) atoms. The fourth-order valence-electron chi connectivity index (χ4n) is 3.50. The van der Waals surface area contributed by atoms with Crippen LogP contribution in [0.4, 0.5) is 4.39 Å². The van der Waals surface area contributed by atoms with Gasteiger partial charge in [-0.25, -0.2) is 9.37 Å². The molecule has 1 aliphatic rings.